The van der Waals surface area contributed by atoms with Gasteiger partial charge < -0.3 is 14.8 Å². The minimum atomic E-state index is -0.910. The summed E-state index contributed by atoms with van der Waals surface area (Å²) in [6.45, 7) is 2.98. The third-order valence-corrected chi connectivity index (χ3v) is 6.75. The molecule has 0 radical (unpaired) electrons. The minimum Gasteiger partial charge on any atom is -0.497 e. The number of aromatic nitrogens is 3. The SMILES string of the molecule is COc1ccc(N(C(=O)Cn2nnc3ccccc32)[C@@H](C(=O)NC[C@H]2CCCO2)c2ccc(C)cc2)cc1. The van der Waals surface area contributed by atoms with Gasteiger partial charge >= 0.3 is 0 Å². The second-order valence-electron chi connectivity index (χ2n) is 9.39. The Hall–Kier alpha value is -4.24. The first-order valence-electron chi connectivity index (χ1n) is 12.7. The lowest BCUT2D eigenvalue weighted by molar-refractivity contribution is -0.127. The molecule has 0 spiro atoms. The lowest BCUT2D eigenvalue weighted by atomic mass is 10.0. The summed E-state index contributed by atoms with van der Waals surface area (Å²) >= 11 is 0. The molecule has 9 heteroatoms. The van der Waals surface area contributed by atoms with Crippen molar-refractivity contribution in [2.24, 2.45) is 0 Å². The summed E-state index contributed by atoms with van der Waals surface area (Å²) in [5, 5.41) is 11.4. The normalized spacial score (nSPS) is 15.8. The van der Waals surface area contributed by atoms with Crippen molar-refractivity contribution in [1.82, 2.24) is 20.3 Å². The van der Waals surface area contributed by atoms with Gasteiger partial charge in [0.2, 0.25) is 11.8 Å². The summed E-state index contributed by atoms with van der Waals surface area (Å²) in [7, 11) is 1.58. The number of aryl methyl sites for hydroxylation is 1. The monoisotopic (exact) mass is 513 g/mol. The van der Waals surface area contributed by atoms with Crippen molar-refractivity contribution >= 4 is 28.5 Å². The number of fused-ring (bicyclic) bond motifs is 1. The van der Waals surface area contributed by atoms with Gasteiger partial charge in [0.15, 0.2) is 0 Å². The summed E-state index contributed by atoms with van der Waals surface area (Å²) in [6, 6.07) is 21.3. The molecule has 5 rings (SSSR count). The molecule has 2 amide bonds. The van der Waals surface area contributed by atoms with Crippen LogP contribution >= 0.6 is 0 Å². The van der Waals surface area contributed by atoms with Crippen LogP contribution in [0.25, 0.3) is 11.0 Å². The van der Waals surface area contributed by atoms with Crippen molar-refractivity contribution in [3.05, 3.63) is 83.9 Å². The van der Waals surface area contributed by atoms with E-state index in [1.165, 1.54) is 4.90 Å². The maximum atomic E-state index is 14.1. The predicted octanol–water partition coefficient (Wildman–Crippen LogP) is 3.82. The average molecular weight is 514 g/mol. The average Bonchev–Trinajstić information content (AvgIpc) is 3.61. The van der Waals surface area contributed by atoms with Gasteiger partial charge in [-0.15, -0.1) is 5.10 Å². The van der Waals surface area contributed by atoms with Crippen LogP contribution in [0, 0.1) is 6.92 Å². The molecular formula is C29H31N5O4. The second kappa shape index (κ2) is 11.4. The molecule has 1 aliphatic heterocycles. The van der Waals surface area contributed by atoms with Crippen LogP contribution in [0.3, 0.4) is 0 Å². The van der Waals surface area contributed by atoms with E-state index in [0.717, 1.165) is 23.9 Å². The van der Waals surface area contributed by atoms with Gasteiger partial charge in [-0.2, -0.15) is 0 Å². The maximum absolute atomic E-state index is 14.1. The molecule has 9 nitrogen and oxygen atoms in total. The third-order valence-electron chi connectivity index (χ3n) is 6.75. The zero-order valence-electron chi connectivity index (χ0n) is 21.5. The maximum Gasteiger partial charge on any atom is 0.249 e. The van der Waals surface area contributed by atoms with Crippen molar-refractivity contribution in [1.29, 1.82) is 0 Å². The number of para-hydroxylation sites is 1. The van der Waals surface area contributed by atoms with Crippen LogP contribution in [0.2, 0.25) is 0 Å². The number of rotatable bonds is 9. The van der Waals surface area contributed by atoms with Gasteiger partial charge in [0.25, 0.3) is 0 Å². The van der Waals surface area contributed by atoms with E-state index in [9.17, 15) is 9.59 Å². The highest BCUT2D eigenvalue weighted by atomic mass is 16.5. The van der Waals surface area contributed by atoms with E-state index in [1.807, 2.05) is 55.5 Å². The highest BCUT2D eigenvalue weighted by Gasteiger charge is 2.34. The third kappa shape index (κ3) is 5.52. The van der Waals surface area contributed by atoms with Gasteiger partial charge in [0.1, 0.15) is 23.9 Å². The van der Waals surface area contributed by atoms with Crippen LogP contribution in [0.1, 0.15) is 30.0 Å². The fourth-order valence-electron chi connectivity index (χ4n) is 4.70. The zero-order chi connectivity index (χ0) is 26.5. The van der Waals surface area contributed by atoms with Gasteiger partial charge in [-0.1, -0.05) is 47.2 Å². The molecule has 1 aromatic heterocycles. The van der Waals surface area contributed by atoms with Crippen LogP contribution in [-0.4, -0.2) is 53.2 Å². The molecule has 0 saturated carbocycles. The van der Waals surface area contributed by atoms with Gasteiger partial charge in [0, 0.05) is 18.8 Å². The van der Waals surface area contributed by atoms with Crippen molar-refractivity contribution in [2.45, 2.75) is 38.5 Å². The van der Waals surface area contributed by atoms with Gasteiger partial charge in [-0.3, -0.25) is 14.5 Å². The quantitative estimate of drug-likeness (QED) is 0.365. The fourth-order valence-corrected chi connectivity index (χ4v) is 4.70. The van der Waals surface area contributed by atoms with Crippen LogP contribution in [-0.2, 0) is 20.9 Å². The lowest BCUT2D eigenvalue weighted by Gasteiger charge is -2.32. The Balaban J connectivity index is 1.53. The van der Waals surface area contributed by atoms with E-state index in [0.29, 0.717) is 35.7 Å². The standard InChI is InChI=1S/C29H31N5O4/c1-20-9-11-21(12-10-20)28(29(36)30-18-24-6-5-17-38-24)34(22-13-15-23(37-2)16-14-22)27(35)19-33-26-8-4-3-7-25(26)31-32-33/h3-4,7-16,24,28H,5-6,17-19H2,1-2H3,(H,30,36)/t24-,28-/m1/s1. The van der Waals surface area contributed by atoms with Crippen molar-refractivity contribution in [3.8, 4) is 5.75 Å². The highest BCUT2D eigenvalue weighted by molar-refractivity contribution is 6.01. The first-order chi connectivity index (χ1) is 18.5. The molecule has 0 bridgehead atoms. The van der Waals surface area contributed by atoms with Crippen LogP contribution in [0.5, 0.6) is 5.75 Å². The Morgan fingerprint density at radius 1 is 1.11 bits per heavy atom. The van der Waals surface area contributed by atoms with E-state index < -0.39 is 6.04 Å². The van der Waals surface area contributed by atoms with Crippen LogP contribution in [0.4, 0.5) is 5.69 Å². The summed E-state index contributed by atoms with van der Waals surface area (Å²) in [5.41, 5.74) is 3.76. The van der Waals surface area contributed by atoms with Gasteiger partial charge in [0.05, 0.1) is 18.7 Å². The minimum absolute atomic E-state index is 0.0238. The molecule has 2 atom stereocenters. The van der Waals surface area contributed by atoms with Crippen LogP contribution in [0.15, 0.2) is 72.8 Å². The first kappa shape index (κ1) is 25.4. The number of amides is 2. The second-order valence-corrected chi connectivity index (χ2v) is 9.39. The van der Waals surface area contributed by atoms with Crippen molar-refractivity contribution < 1.29 is 19.1 Å². The molecule has 1 aliphatic rings. The Kier molecular flexibility index (Phi) is 7.65. The smallest absolute Gasteiger partial charge is 0.249 e. The zero-order valence-corrected chi connectivity index (χ0v) is 21.5. The molecule has 196 valence electrons. The van der Waals surface area contributed by atoms with E-state index in [1.54, 1.807) is 36.1 Å². The topological polar surface area (TPSA) is 98.6 Å². The number of carbonyl (C=O) groups excluding carboxylic acids is 2. The van der Waals surface area contributed by atoms with E-state index >= 15 is 0 Å². The molecule has 3 aromatic carbocycles. The largest absolute Gasteiger partial charge is 0.497 e. The van der Waals surface area contributed by atoms with Crippen molar-refractivity contribution in [3.63, 3.8) is 0 Å². The van der Waals surface area contributed by atoms with Gasteiger partial charge in [-0.05, 0) is 61.7 Å². The molecule has 1 fully saturated rings. The number of anilines is 1. The van der Waals surface area contributed by atoms with E-state index in [-0.39, 0.29) is 24.5 Å². The highest BCUT2D eigenvalue weighted by Crippen LogP contribution is 2.30. The predicted molar refractivity (Wildman–Crippen MR) is 144 cm³/mol. The fraction of sp³-hybridized carbons (Fsp3) is 0.310. The molecule has 4 aromatic rings. The number of ether oxygens (including phenoxy) is 2. The number of nitrogens with zero attached hydrogens (tertiary/aromatic N) is 4. The molecule has 2 heterocycles. The van der Waals surface area contributed by atoms with Crippen LogP contribution < -0.4 is 15.0 Å². The molecule has 1 saturated heterocycles. The summed E-state index contributed by atoms with van der Waals surface area (Å²) < 4.78 is 12.6. The Morgan fingerprint density at radius 3 is 2.58 bits per heavy atom. The number of carbonyl (C=O) groups is 2. The number of hydrogen-bond acceptors (Lipinski definition) is 6. The van der Waals surface area contributed by atoms with E-state index in [2.05, 4.69) is 15.6 Å². The van der Waals surface area contributed by atoms with Gasteiger partial charge in [-0.25, -0.2) is 4.68 Å². The number of methoxy groups -OCH3 is 1. The number of hydrogen-bond donors (Lipinski definition) is 1. The Bertz CT molecular complexity index is 1390. The van der Waals surface area contributed by atoms with Crippen molar-refractivity contribution in [2.75, 3.05) is 25.2 Å². The summed E-state index contributed by atoms with van der Waals surface area (Å²) in [6.07, 6.45) is 1.85. The number of benzene rings is 3. The summed E-state index contributed by atoms with van der Waals surface area (Å²) in [5.74, 6) is 0.0683. The Labute approximate surface area is 221 Å². The first-order valence-corrected chi connectivity index (χ1v) is 12.7. The van der Waals surface area contributed by atoms with E-state index in [4.69, 9.17) is 9.47 Å². The lowest BCUT2D eigenvalue weighted by Crippen LogP contribution is -2.46. The molecule has 38 heavy (non-hydrogen) atoms. The molecule has 0 unspecified atom stereocenters. The Morgan fingerprint density at radius 2 is 1.87 bits per heavy atom. The summed E-state index contributed by atoms with van der Waals surface area (Å²) in [4.78, 5) is 29.4. The molecular weight excluding hydrogens is 482 g/mol. The number of nitrogens with one attached hydrogen (secondary N) is 1. The molecule has 0 aliphatic carbocycles. The molecule has 1 N–H and O–H groups in total.